The van der Waals surface area contributed by atoms with Crippen LogP contribution in [0, 0.1) is 0 Å². The van der Waals surface area contributed by atoms with E-state index in [0.29, 0.717) is 21.7 Å². The van der Waals surface area contributed by atoms with Gasteiger partial charge < -0.3 is 10.1 Å². The third-order valence-corrected chi connectivity index (χ3v) is 6.09. The van der Waals surface area contributed by atoms with E-state index in [1.54, 1.807) is 61.5 Å². The van der Waals surface area contributed by atoms with Crippen molar-refractivity contribution in [3.05, 3.63) is 106 Å². The third kappa shape index (κ3) is 5.85. The Labute approximate surface area is 206 Å². The Balaban J connectivity index is 1.38. The number of nitrogens with zero attached hydrogens (tertiary/aromatic N) is 1. The maximum absolute atomic E-state index is 12.7. The van der Waals surface area contributed by atoms with Crippen molar-refractivity contribution >= 4 is 46.5 Å². The minimum absolute atomic E-state index is 0.119. The molecule has 0 radical (unpaired) electrons. The Bertz CT molecular complexity index is 1290. The highest BCUT2D eigenvalue weighted by atomic mass is 32.2. The molecule has 0 aromatic heterocycles. The lowest BCUT2D eigenvalue weighted by Crippen LogP contribution is -2.27. The van der Waals surface area contributed by atoms with E-state index in [0.717, 1.165) is 22.9 Å². The zero-order chi connectivity index (χ0) is 24.8. The number of anilines is 1. The molecule has 4 rings (SSSR count). The zero-order valence-corrected chi connectivity index (χ0v) is 19.7. The normalized spacial score (nSPS) is 14.3. The third-order valence-electron chi connectivity index (χ3n) is 5.18. The molecular formula is C27H22N2O5S. The Kier molecular flexibility index (Phi) is 7.42. The number of thioether (sulfide) groups is 1. The first-order chi connectivity index (χ1) is 16.9. The SMILES string of the molecule is CCOC(=O)c1ccc(NC(=O)c2ccc(CN3C(=O)S/C(=C\c4ccccc4)C3=O)cc2)cc1. The van der Waals surface area contributed by atoms with Crippen LogP contribution in [0.5, 0.6) is 0 Å². The second kappa shape index (κ2) is 10.8. The summed E-state index contributed by atoms with van der Waals surface area (Å²) >= 11 is 0.916. The number of rotatable bonds is 7. The molecule has 0 unspecified atom stereocenters. The van der Waals surface area contributed by atoms with Gasteiger partial charge in [-0.2, -0.15) is 0 Å². The Morgan fingerprint density at radius 2 is 1.57 bits per heavy atom. The number of hydrogen-bond acceptors (Lipinski definition) is 6. The van der Waals surface area contributed by atoms with Crippen LogP contribution in [0.3, 0.4) is 0 Å². The summed E-state index contributed by atoms with van der Waals surface area (Å²) in [4.78, 5) is 51.0. The second-order valence-electron chi connectivity index (χ2n) is 7.63. The topological polar surface area (TPSA) is 92.8 Å². The number of nitrogens with one attached hydrogen (secondary N) is 1. The van der Waals surface area contributed by atoms with E-state index in [1.807, 2.05) is 30.3 Å². The number of carbonyl (C=O) groups excluding carboxylic acids is 4. The summed E-state index contributed by atoms with van der Waals surface area (Å²) in [6.07, 6.45) is 1.71. The zero-order valence-electron chi connectivity index (χ0n) is 18.9. The van der Waals surface area contributed by atoms with Crippen LogP contribution < -0.4 is 5.32 Å². The van der Waals surface area contributed by atoms with Crippen LogP contribution in [0.4, 0.5) is 10.5 Å². The molecule has 0 atom stereocenters. The summed E-state index contributed by atoms with van der Waals surface area (Å²) < 4.78 is 4.95. The number of carbonyl (C=O) groups is 4. The first-order valence-corrected chi connectivity index (χ1v) is 11.7. The first kappa shape index (κ1) is 24.0. The van der Waals surface area contributed by atoms with Crippen LogP contribution in [0.15, 0.2) is 83.8 Å². The largest absolute Gasteiger partial charge is 0.462 e. The van der Waals surface area contributed by atoms with Crippen molar-refractivity contribution in [2.75, 3.05) is 11.9 Å². The van der Waals surface area contributed by atoms with Crippen molar-refractivity contribution in [2.45, 2.75) is 13.5 Å². The smallest absolute Gasteiger partial charge is 0.338 e. The van der Waals surface area contributed by atoms with Gasteiger partial charge in [-0.05, 0) is 72.3 Å². The van der Waals surface area contributed by atoms with E-state index in [-0.39, 0.29) is 30.2 Å². The van der Waals surface area contributed by atoms with Crippen LogP contribution in [0.1, 0.15) is 38.8 Å². The lowest BCUT2D eigenvalue weighted by atomic mass is 10.1. The fourth-order valence-electron chi connectivity index (χ4n) is 3.39. The summed E-state index contributed by atoms with van der Waals surface area (Å²) in [6.45, 7) is 2.14. The minimum Gasteiger partial charge on any atom is -0.462 e. The van der Waals surface area contributed by atoms with E-state index in [2.05, 4.69) is 5.32 Å². The molecule has 3 aromatic rings. The van der Waals surface area contributed by atoms with E-state index in [1.165, 1.54) is 4.90 Å². The van der Waals surface area contributed by atoms with E-state index >= 15 is 0 Å². The molecule has 3 amide bonds. The van der Waals surface area contributed by atoms with Gasteiger partial charge in [-0.3, -0.25) is 19.3 Å². The number of imide groups is 1. The fraction of sp³-hybridized carbons (Fsp3) is 0.111. The molecule has 1 aliphatic rings. The monoisotopic (exact) mass is 486 g/mol. The van der Waals surface area contributed by atoms with E-state index in [9.17, 15) is 19.2 Å². The molecule has 1 heterocycles. The predicted molar refractivity (Wildman–Crippen MR) is 135 cm³/mol. The van der Waals surface area contributed by atoms with Gasteiger partial charge in [0.05, 0.1) is 23.6 Å². The molecule has 1 aliphatic heterocycles. The van der Waals surface area contributed by atoms with Gasteiger partial charge in [0.15, 0.2) is 0 Å². The second-order valence-corrected chi connectivity index (χ2v) is 8.62. The molecular weight excluding hydrogens is 464 g/mol. The van der Waals surface area contributed by atoms with Gasteiger partial charge in [-0.15, -0.1) is 0 Å². The number of hydrogen-bond donors (Lipinski definition) is 1. The first-order valence-electron chi connectivity index (χ1n) is 10.9. The molecule has 3 aromatic carbocycles. The molecule has 176 valence electrons. The van der Waals surface area contributed by atoms with Gasteiger partial charge >= 0.3 is 5.97 Å². The number of amides is 3. The molecule has 0 bridgehead atoms. The molecule has 0 aliphatic carbocycles. The van der Waals surface area contributed by atoms with Crippen LogP contribution in [0.25, 0.3) is 6.08 Å². The van der Waals surface area contributed by atoms with Crippen LogP contribution >= 0.6 is 11.8 Å². The van der Waals surface area contributed by atoms with Gasteiger partial charge in [0.25, 0.3) is 17.1 Å². The average molecular weight is 487 g/mol. The number of esters is 1. The van der Waals surface area contributed by atoms with Gasteiger partial charge in [0, 0.05) is 11.3 Å². The summed E-state index contributed by atoms with van der Waals surface area (Å²) in [6, 6.07) is 22.5. The minimum atomic E-state index is -0.419. The lowest BCUT2D eigenvalue weighted by Gasteiger charge is -2.13. The summed E-state index contributed by atoms with van der Waals surface area (Å²) in [5.41, 5.74) is 2.93. The van der Waals surface area contributed by atoms with Crippen LogP contribution in [0.2, 0.25) is 0 Å². The molecule has 1 fully saturated rings. The van der Waals surface area contributed by atoms with Crippen molar-refractivity contribution in [3.8, 4) is 0 Å². The summed E-state index contributed by atoms with van der Waals surface area (Å²) in [7, 11) is 0. The average Bonchev–Trinajstić information content (AvgIpc) is 3.13. The van der Waals surface area contributed by atoms with Crippen LogP contribution in [-0.2, 0) is 16.1 Å². The highest BCUT2D eigenvalue weighted by Crippen LogP contribution is 2.33. The van der Waals surface area contributed by atoms with Crippen molar-refractivity contribution in [1.82, 2.24) is 4.90 Å². The van der Waals surface area contributed by atoms with Crippen molar-refractivity contribution < 1.29 is 23.9 Å². The Hall–Kier alpha value is -4.17. The molecule has 0 spiro atoms. The standard InChI is InChI=1S/C27H22N2O5S/c1-2-34-26(32)21-12-14-22(15-13-21)28-24(30)20-10-8-19(9-11-20)17-29-25(31)23(35-27(29)33)16-18-6-4-3-5-7-18/h3-16H,2,17H2,1H3,(H,28,30)/b23-16-. The van der Waals surface area contributed by atoms with Crippen molar-refractivity contribution in [1.29, 1.82) is 0 Å². The summed E-state index contributed by atoms with van der Waals surface area (Å²) in [5.74, 6) is -1.08. The maximum Gasteiger partial charge on any atom is 0.338 e. The molecule has 1 saturated heterocycles. The summed E-state index contributed by atoms with van der Waals surface area (Å²) in [5, 5.41) is 2.44. The highest BCUT2D eigenvalue weighted by Gasteiger charge is 2.34. The van der Waals surface area contributed by atoms with Crippen LogP contribution in [-0.4, -0.2) is 34.5 Å². The number of ether oxygens (including phenoxy) is 1. The highest BCUT2D eigenvalue weighted by molar-refractivity contribution is 8.18. The number of benzene rings is 3. The van der Waals surface area contributed by atoms with Gasteiger partial charge in [-0.1, -0.05) is 42.5 Å². The van der Waals surface area contributed by atoms with Gasteiger partial charge in [0.2, 0.25) is 0 Å². The van der Waals surface area contributed by atoms with Gasteiger partial charge in [0.1, 0.15) is 0 Å². The molecule has 8 heteroatoms. The molecule has 35 heavy (non-hydrogen) atoms. The van der Waals surface area contributed by atoms with Crippen molar-refractivity contribution in [3.63, 3.8) is 0 Å². The Morgan fingerprint density at radius 1 is 0.914 bits per heavy atom. The molecule has 0 saturated carbocycles. The van der Waals surface area contributed by atoms with E-state index < -0.39 is 5.97 Å². The van der Waals surface area contributed by atoms with Crippen molar-refractivity contribution in [2.24, 2.45) is 0 Å². The predicted octanol–water partition coefficient (Wildman–Crippen LogP) is 5.35. The van der Waals surface area contributed by atoms with Gasteiger partial charge in [-0.25, -0.2) is 4.79 Å². The Morgan fingerprint density at radius 3 is 2.23 bits per heavy atom. The maximum atomic E-state index is 12.7. The fourth-order valence-corrected chi connectivity index (χ4v) is 4.23. The molecule has 7 nitrogen and oxygen atoms in total. The van der Waals surface area contributed by atoms with E-state index in [4.69, 9.17) is 4.74 Å². The quantitative estimate of drug-likeness (QED) is 0.357. The lowest BCUT2D eigenvalue weighted by molar-refractivity contribution is -0.123. The molecule has 1 N–H and O–H groups in total.